The van der Waals surface area contributed by atoms with Crippen molar-refractivity contribution in [2.24, 2.45) is 0 Å². The van der Waals surface area contributed by atoms with Gasteiger partial charge in [-0.25, -0.2) is 9.97 Å². The molecular weight excluding hydrogens is 581 g/mol. The van der Waals surface area contributed by atoms with Crippen molar-refractivity contribution >= 4 is 75.1 Å². The van der Waals surface area contributed by atoms with Crippen LogP contribution in [0.4, 0.5) is 0 Å². The molecule has 0 saturated heterocycles. The maximum absolute atomic E-state index is 6.52. The predicted octanol–water partition coefficient (Wildman–Crippen LogP) is 12.1. The molecule has 0 aliphatic rings. The summed E-state index contributed by atoms with van der Waals surface area (Å²) < 4.78 is 8.82. The van der Waals surface area contributed by atoms with E-state index in [-0.39, 0.29) is 0 Å². The summed E-state index contributed by atoms with van der Waals surface area (Å²) in [5, 5.41) is 8.17. The zero-order chi connectivity index (χ0) is 30.2. The largest absolute Gasteiger partial charge is 0.456 e. The Morgan fingerprint density at radius 3 is 1.93 bits per heavy atom. The average Bonchev–Trinajstić information content (AvgIpc) is 3.69. The third-order valence-electron chi connectivity index (χ3n) is 9.04. The Hall–Kier alpha value is -5.84. The molecule has 4 heteroatoms. The highest BCUT2D eigenvalue weighted by atomic mass is 32.1. The molecule has 0 fully saturated rings. The standard InChI is InChI=1S/C42H24N2OS/c1-3-11-27-21-29(19-17-25(27)9-1)34-23-31(24-36-38(34)32-13-5-7-15-35(32)45-36)42-43-39(30-20-18-26-10-2-4-12-28(26)22-30)41-40(44-42)33-14-6-8-16-37(33)46-41/h1-24H. The van der Waals surface area contributed by atoms with Crippen LogP contribution < -0.4 is 0 Å². The Balaban J connectivity index is 1.28. The number of para-hydroxylation sites is 1. The van der Waals surface area contributed by atoms with Crippen molar-refractivity contribution in [3.8, 4) is 33.8 Å². The Bertz CT molecular complexity index is 2830. The first-order chi connectivity index (χ1) is 22.8. The quantitative estimate of drug-likeness (QED) is 0.201. The van der Waals surface area contributed by atoms with Crippen molar-refractivity contribution in [3.63, 3.8) is 0 Å². The highest BCUT2D eigenvalue weighted by molar-refractivity contribution is 7.26. The Labute approximate surface area is 268 Å². The Morgan fingerprint density at radius 2 is 1.13 bits per heavy atom. The Kier molecular flexibility index (Phi) is 5.45. The van der Waals surface area contributed by atoms with E-state index in [1.807, 2.05) is 12.1 Å². The SMILES string of the molecule is c1ccc2cc(-c3nc(-c4cc(-c5ccc6ccccc6c5)c5c(c4)oc4ccccc45)nc4c3sc3ccccc34)ccc2c1. The number of benzene rings is 7. The van der Waals surface area contributed by atoms with E-state index in [9.17, 15) is 0 Å². The first-order valence-corrected chi connectivity index (χ1v) is 16.2. The lowest BCUT2D eigenvalue weighted by Gasteiger charge is -2.11. The number of nitrogens with zero attached hydrogens (tertiary/aromatic N) is 2. The number of fused-ring (bicyclic) bond motifs is 8. The highest BCUT2D eigenvalue weighted by Crippen LogP contribution is 2.43. The number of hydrogen-bond acceptors (Lipinski definition) is 4. The van der Waals surface area contributed by atoms with Crippen LogP contribution in [0.25, 0.3) is 97.6 Å². The van der Waals surface area contributed by atoms with Crippen molar-refractivity contribution in [1.29, 1.82) is 0 Å². The van der Waals surface area contributed by atoms with Crippen LogP contribution in [0.2, 0.25) is 0 Å². The van der Waals surface area contributed by atoms with E-state index >= 15 is 0 Å². The first-order valence-electron chi connectivity index (χ1n) is 15.4. The van der Waals surface area contributed by atoms with Gasteiger partial charge in [-0.15, -0.1) is 11.3 Å². The molecule has 0 radical (unpaired) electrons. The summed E-state index contributed by atoms with van der Waals surface area (Å²) in [5.41, 5.74) is 7.87. The van der Waals surface area contributed by atoms with Gasteiger partial charge in [0.2, 0.25) is 0 Å². The second-order valence-electron chi connectivity index (χ2n) is 11.8. The minimum Gasteiger partial charge on any atom is -0.456 e. The lowest BCUT2D eigenvalue weighted by molar-refractivity contribution is 0.669. The summed E-state index contributed by atoms with van der Waals surface area (Å²) in [6.45, 7) is 0. The number of hydrogen-bond donors (Lipinski definition) is 0. The molecule has 0 amide bonds. The molecule has 10 aromatic rings. The molecule has 0 saturated carbocycles. The smallest absolute Gasteiger partial charge is 0.160 e. The van der Waals surface area contributed by atoms with Crippen molar-refractivity contribution in [2.75, 3.05) is 0 Å². The number of aromatic nitrogens is 2. The lowest BCUT2D eigenvalue weighted by atomic mass is 9.95. The molecule has 46 heavy (non-hydrogen) atoms. The third kappa shape index (κ3) is 3.91. The maximum atomic E-state index is 6.52. The number of thiophene rings is 1. The van der Waals surface area contributed by atoms with Gasteiger partial charge in [0, 0.05) is 32.0 Å². The maximum Gasteiger partial charge on any atom is 0.160 e. The second-order valence-corrected chi connectivity index (χ2v) is 12.8. The predicted molar refractivity (Wildman–Crippen MR) is 194 cm³/mol. The van der Waals surface area contributed by atoms with Crippen molar-refractivity contribution in [3.05, 3.63) is 146 Å². The zero-order valence-electron chi connectivity index (χ0n) is 24.6. The molecule has 0 N–H and O–H groups in total. The highest BCUT2D eigenvalue weighted by Gasteiger charge is 2.20. The van der Waals surface area contributed by atoms with Crippen molar-refractivity contribution in [2.45, 2.75) is 0 Å². The molecule has 214 valence electrons. The number of rotatable bonds is 3. The molecular formula is C42H24N2OS. The zero-order valence-corrected chi connectivity index (χ0v) is 25.4. The molecule has 0 atom stereocenters. The minimum atomic E-state index is 0.684. The van der Waals surface area contributed by atoms with Crippen LogP contribution in [0.3, 0.4) is 0 Å². The van der Waals surface area contributed by atoms with Gasteiger partial charge >= 0.3 is 0 Å². The van der Waals surface area contributed by atoms with E-state index in [2.05, 4.69) is 133 Å². The summed E-state index contributed by atoms with van der Waals surface area (Å²) >= 11 is 1.76. The second kappa shape index (κ2) is 9.83. The van der Waals surface area contributed by atoms with Gasteiger partial charge in [0.25, 0.3) is 0 Å². The molecule has 0 aliphatic carbocycles. The van der Waals surface area contributed by atoms with Gasteiger partial charge in [0.15, 0.2) is 5.82 Å². The summed E-state index contributed by atoms with van der Waals surface area (Å²) in [6, 6.07) is 51.4. The molecule has 0 spiro atoms. The van der Waals surface area contributed by atoms with E-state index in [1.165, 1.54) is 26.2 Å². The molecule has 10 rings (SSSR count). The monoisotopic (exact) mass is 604 g/mol. The van der Waals surface area contributed by atoms with Gasteiger partial charge in [0.1, 0.15) is 11.2 Å². The van der Waals surface area contributed by atoms with Crippen LogP contribution in [0.1, 0.15) is 0 Å². The minimum absolute atomic E-state index is 0.684. The van der Waals surface area contributed by atoms with Crippen LogP contribution in [0, 0.1) is 0 Å². The normalized spacial score (nSPS) is 11.9. The fraction of sp³-hybridized carbons (Fsp3) is 0. The van der Waals surface area contributed by atoms with Crippen LogP contribution in [0.5, 0.6) is 0 Å². The van der Waals surface area contributed by atoms with Gasteiger partial charge in [-0.05, 0) is 69.1 Å². The van der Waals surface area contributed by atoms with Gasteiger partial charge < -0.3 is 4.42 Å². The van der Waals surface area contributed by atoms with Crippen LogP contribution in [-0.2, 0) is 0 Å². The summed E-state index contributed by atoms with van der Waals surface area (Å²) in [6.07, 6.45) is 0. The topological polar surface area (TPSA) is 38.9 Å². The molecule has 7 aromatic carbocycles. The lowest BCUT2D eigenvalue weighted by Crippen LogP contribution is -1.94. The van der Waals surface area contributed by atoms with E-state index in [0.29, 0.717) is 5.82 Å². The van der Waals surface area contributed by atoms with Gasteiger partial charge in [0.05, 0.1) is 15.9 Å². The molecule has 3 nitrogen and oxygen atoms in total. The van der Waals surface area contributed by atoms with Crippen LogP contribution in [-0.4, -0.2) is 9.97 Å². The van der Waals surface area contributed by atoms with Gasteiger partial charge in [-0.1, -0.05) is 109 Å². The van der Waals surface area contributed by atoms with Crippen molar-refractivity contribution < 1.29 is 4.42 Å². The van der Waals surface area contributed by atoms with E-state index in [0.717, 1.165) is 65.5 Å². The first kappa shape index (κ1) is 25.5. The third-order valence-corrected chi connectivity index (χ3v) is 10.2. The van der Waals surface area contributed by atoms with Crippen LogP contribution >= 0.6 is 11.3 Å². The summed E-state index contributed by atoms with van der Waals surface area (Å²) in [4.78, 5) is 10.6. The molecule has 0 bridgehead atoms. The number of furan rings is 1. The van der Waals surface area contributed by atoms with E-state index in [1.54, 1.807) is 11.3 Å². The molecule has 3 heterocycles. The summed E-state index contributed by atoms with van der Waals surface area (Å²) in [7, 11) is 0. The van der Waals surface area contributed by atoms with E-state index < -0.39 is 0 Å². The molecule has 0 unspecified atom stereocenters. The Morgan fingerprint density at radius 1 is 0.478 bits per heavy atom. The van der Waals surface area contributed by atoms with Gasteiger partial charge in [-0.3, -0.25) is 0 Å². The summed E-state index contributed by atoms with van der Waals surface area (Å²) in [5.74, 6) is 0.684. The van der Waals surface area contributed by atoms with Gasteiger partial charge in [-0.2, -0.15) is 0 Å². The average molecular weight is 605 g/mol. The van der Waals surface area contributed by atoms with Crippen LogP contribution in [0.15, 0.2) is 150 Å². The molecule has 3 aromatic heterocycles. The fourth-order valence-corrected chi connectivity index (χ4v) is 7.97. The molecule has 0 aliphatic heterocycles. The van der Waals surface area contributed by atoms with Crippen molar-refractivity contribution in [1.82, 2.24) is 9.97 Å². The fourth-order valence-electron chi connectivity index (χ4n) is 6.82. The van der Waals surface area contributed by atoms with E-state index in [4.69, 9.17) is 14.4 Å².